The topological polar surface area (TPSA) is 61.9 Å². The van der Waals surface area contributed by atoms with E-state index in [1.165, 1.54) is 18.0 Å². The van der Waals surface area contributed by atoms with E-state index in [9.17, 15) is 0 Å². The van der Waals surface area contributed by atoms with Gasteiger partial charge >= 0.3 is 0 Å². The molecule has 5 rings (SSSR count). The summed E-state index contributed by atoms with van der Waals surface area (Å²) >= 11 is 1.91. The van der Waals surface area contributed by atoms with Crippen LogP contribution in [0.1, 0.15) is 31.5 Å². The highest BCUT2D eigenvalue weighted by Crippen LogP contribution is 2.38. The molecule has 4 heterocycles. The summed E-state index contributed by atoms with van der Waals surface area (Å²) in [6.45, 7) is 7.18. The molecule has 1 atom stereocenters. The summed E-state index contributed by atoms with van der Waals surface area (Å²) in [6, 6.07) is 4.10. The molecule has 3 aliphatic rings. The molecule has 2 fully saturated rings. The largest absolute Gasteiger partial charge is 0.352 e. The average molecular weight is 343 g/mol. The molecule has 2 aromatic heterocycles. The number of rotatable bonds is 2. The van der Waals surface area contributed by atoms with Gasteiger partial charge in [-0.05, 0) is 25.0 Å². The van der Waals surface area contributed by atoms with E-state index in [0.717, 1.165) is 50.0 Å². The van der Waals surface area contributed by atoms with Crippen molar-refractivity contribution in [3.63, 3.8) is 0 Å². The molecule has 1 saturated carbocycles. The lowest BCUT2D eigenvalue weighted by atomic mass is 10.3. The Morgan fingerprint density at radius 3 is 2.54 bits per heavy atom. The van der Waals surface area contributed by atoms with E-state index < -0.39 is 0 Å². The predicted octanol–water partition coefficient (Wildman–Crippen LogP) is 1.61. The van der Waals surface area contributed by atoms with Gasteiger partial charge in [0.2, 0.25) is 0 Å². The molecule has 0 bridgehead atoms. The first-order valence-corrected chi connectivity index (χ1v) is 9.59. The van der Waals surface area contributed by atoms with Crippen molar-refractivity contribution in [2.75, 3.05) is 37.6 Å². The van der Waals surface area contributed by atoms with Gasteiger partial charge in [0.1, 0.15) is 5.82 Å². The van der Waals surface area contributed by atoms with Gasteiger partial charge < -0.3 is 9.80 Å². The zero-order chi connectivity index (χ0) is 16.1. The number of aromatic nitrogens is 4. The van der Waals surface area contributed by atoms with Crippen molar-refractivity contribution < 1.29 is 0 Å². The van der Waals surface area contributed by atoms with Crippen molar-refractivity contribution in [2.24, 2.45) is 4.99 Å². The summed E-state index contributed by atoms with van der Waals surface area (Å²) in [4.78, 5) is 9.43. The molecule has 1 saturated heterocycles. The summed E-state index contributed by atoms with van der Waals surface area (Å²) in [5, 5.41) is 15.2. The van der Waals surface area contributed by atoms with Gasteiger partial charge in [0, 0.05) is 37.3 Å². The average Bonchev–Trinajstić information content (AvgIpc) is 3.22. The Balaban J connectivity index is 1.32. The standard InChI is InChI=1S/C16H21N7S/c1-11-10-17-16(24-11)22-8-6-21(7-9-22)14-5-4-13-18-19-15(12-2-3-12)23(13)20-14/h4-5,11-12H,2-3,6-10H2,1H3. The Morgan fingerprint density at radius 1 is 1.04 bits per heavy atom. The summed E-state index contributed by atoms with van der Waals surface area (Å²) < 4.78 is 1.94. The van der Waals surface area contributed by atoms with Gasteiger partial charge in [0.25, 0.3) is 0 Å². The van der Waals surface area contributed by atoms with E-state index in [2.05, 4.69) is 38.0 Å². The lowest BCUT2D eigenvalue weighted by Gasteiger charge is -2.36. The van der Waals surface area contributed by atoms with Crippen LogP contribution in [0.3, 0.4) is 0 Å². The third kappa shape index (κ3) is 2.53. The van der Waals surface area contributed by atoms with Gasteiger partial charge in [0.05, 0.1) is 6.54 Å². The van der Waals surface area contributed by atoms with Crippen LogP contribution in [0, 0.1) is 0 Å². The fourth-order valence-electron chi connectivity index (χ4n) is 3.32. The minimum Gasteiger partial charge on any atom is -0.352 e. The van der Waals surface area contributed by atoms with E-state index in [-0.39, 0.29) is 0 Å². The van der Waals surface area contributed by atoms with E-state index in [1.807, 2.05) is 22.3 Å². The molecule has 2 aromatic rings. The molecule has 7 nitrogen and oxygen atoms in total. The molecule has 0 aromatic carbocycles. The highest BCUT2D eigenvalue weighted by atomic mass is 32.2. The fourth-order valence-corrected chi connectivity index (χ4v) is 4.31. The third-order valence-electron chi connectivity index (χ3n) is 4.88. The van der Waals surface area contributed by atoms with Crippen molar-refractivity contribution in [1.82, 2.24) is 24.7 Å². The fraction of sp³-hybridized carbons (Fsp3) is 0.625. The summed E-state index contributed by atoms with van der Waals surface area (Å²) in [7, 11) is 0. The first-order chi connectivity index (χ1) is 11.8. The van der Waals surface area contributed by atoms with Crippen LogP contribution < -0.4 is 4.90 Å². The van der Waals surface area contributed by atoms with Crippen LogP contribution in [-0.2, 0) is 0 Å². The van der Waals surface area contributed by atoms with Gasteiger partial charge in [-0.1, -0.05) is 18.7 Å². The lowest BCUT2D eigenvalue weighted by molar-refractivity contribution is 0.390. The van der Waals surface area contributed by atoms with Gasteiger partial charge in [-0.3, -0.25) is 4.99 Å². The number of fused-ring (bicyclic) bond motifs is 1. The second kappa shape index (κ2) is 5.61. The molecule has 2 aliphatic heterocycles. The van der Waals surface area contributed by atoms with Crippen LogP contribution in [0.4, 0.5) is 5.82 Å². The minimum atomic E-state index is 0.555. The van der Waals surface area contributed by atoms with Crippen LogP contribution in [0.25, 0.3) is 5.65 Å². The summed E-state index contributed by atoms with van der Waals surface area (Å²) in [5.41, 5.74) is 0.852. The molecule has 1 unspecified atom stereocenters. The van der Waals surface area contributed by atoms with Crippen LogP contribution >= 0.6 is 11.8 Å². The van der Waals surface area contributed by atoms with Crippen molar-refractivity contribution in [3.8, 4) is 0 Å². The Kier molecular flexibility index (Phi) is 3.39. The Hall–Kier alpha value is -1.83. The summed E-state index contributed by atoms with van der Waals surface area (Å²) in [5.74, 6) is 2.61. The molecule has 1 aliphatic carbocycles. The van der Waals surface area contributed by atoms with Crippen molar-refractivity contribution in [2.45, 2.75) is 30.9 Å². The molecule has 0 spiro atoms. The zero-order valence-electron chi connectivity index (χ0n) is 13.8. The molecule has 0 N–H and O–H groups in total. The number of piperazine rings is 1. The number of amidine groups is 1. The number of hydrogen-bond acceptors (Lipinski definition) is 7. The van der Waals surface area contributed by atoms with Gasteiger partial charge in [0.15, 0.2) is 16.6 Å². The first-order valence-electron chi connectivity index (χ1n) is 8.71. The maximum atomic E-state index is 4.82. The molecule has 0 radical (unpaired) electrons. The number of aliphatic imine (C=N–C) groups is 1. The molecule has 0 amide bonds. The second-order valence-electron chi connectivity index (χ2n) is 6.82. The second-order valence-corrected chi connectivity index (χ2v) is 8.23. The van der Waals surface area contributed by atoms with Crippen molar-refractivity contribution in [1.29, 1.82) is 0 Å². The highest BCUT2D eigenvalue weighted by molar-refractivity contribution is 8.14. The van der Waals surface area contributed by atoms with E-state index in [4.69, 9.17) is 5.10 Å². The van der Waals surface area contributed by atoms with Crippen molar-refractivity contribution in [3.05, 3.63) is 18.0 Å². The Labute approximate surface area is 145 Å². The number of nitrogens with zero attached hydrogens (tertiary/aromatic N) is 7. The molecule has 8 heteroatoms. The van der Waals surface area contributed by atoms with Gasteiger partial charge in [-0.15, -0.1) is 15.3 Å². The maximum absolute atomic E-state index is 4.82. The maximum Gasteiger partial charge on any atom is 0.178 e. The summed E-state index contributed by atoms with van der Waals surface area (Å²) in [6.07, 6.45) is 2.42. The first kappa shape index (κ1) is 14.5. The third-order valence-corrected chi connectivity index (χ3v) is 6.03. The minimum absolute atomic E-state index is 0.555. The Bertz CT molecular complexity index is 789. The normalized spacial score (nSPS) is 24.7. The molecular weight excluding hydrogens is 322 g/mol. The lowest BCUT2D eigenvalue weighted by Crippen LogP contribution is -2.48. The van der Waals surface area contributed by atoms with E-state index in [1.54, 1.807) is 0 Å². The smallest absolute Gasteiger partial charge is 0.178 e. The molecule has 126 valence electrons. The Morgan fingerprint density at radius 2 is 1.83 bits per heavy atom. The predicted molar refractivity (Wildman–Crippen MR) is 95.9 cm³/mol. The van der Waals surface area contributed by atoms with Crippen LogP contribution in [0.15, 0.2) is 17.1 Å². The molecular formula is C16H21N7S. The van der Waals surface area contributed by atoms with Gasteiger partial charge in [-0.2, -0.15) is 4.52 Å². The van der Waals surface area contributed by atoms with Crippen LogP contribution in [-0.4, -0.2) is 67.9 Å². The van der Waals surface area contributed by atoms with Crippen LogP contribution in [0.2, 0.25) is 0 Å². The number of hydrogen-bond donors (Lipinski definition) is 0. The zero-order valence-corrected chi connectivity index (χ0v) is 14.6. The SMILES string of the molecule is CC1CN=C(N2CCN(c3ccc4nnc(C5CC5)n4n3)CC2)S1. The van der Waals surface area contributed by atoms with E-state index in [0.29, 0.717) is 11.2 Å². The number of thioether (sulfide) groups is 1. The quantitative estimate of drug-likeness (QED) is 0.826. The van der Waals surface area contributed by atoms with Crippen molar-refractivity contribution >= 4 is 28.4 Å². The number of anilines is 1. The monoisotopic (exact) mass is 343 g/mol. The molecule has 24 heavy (non-hydrogen) atoms. The van der Waals surface area contributed by atoms with E-state index >= 15 is 0 Å². The highest BCUT2D eigenvalue weighted by Gasteiger charge is 2.30. The van der Waals surface area contributed by atoms with Crippen LogP contribution in [0.5, 0.6) is 0 Å². The van der Waals surface area contributed by atoms with Gasteiger partial charge in [-0.25, -0.2) is 0 Å².